The summed E-state index contributed by atoms with van der Waals surface area (Å²) >= 11 is 0. The van der Waals surface area contributed by atoms with Crippen molar-refractivity contribution in [2.45, 2.75) is 19.0 Å². The number of ether oxygens (including phenoxy) is 1. The molecule has 1 atom stereocenters. The Morgan fingerprint density at radius 3 is 2.81 bits per heavy atom. The first kappa shape index (κ1) is 17.8. The third kappa shape index (κ3) is 3.51. The van der Waals surface area contributed by atoms with Crippen LogP contribution in [0.5, 0.6) is 0 Å². The van der Waals surface area contributed by atoms with Crippen LogP contribution in [0, 0.1) is 5.41 Å². The van der Waals surface area contributed by atoms with Gasteiger partial charge in [-0.15, -0.1) is 0 Å². The van der Waals surface area contributed by atoms with Crippen molar-refractivity contribution < 1.29 is 22.7 Å². The van der Waals surface area contributed by atoms with Crippen molar-refractivity contribution in [3.05, 3.63) is 42.2 Å². The van der Waals surface area contributed by atoms with Crippen molar-refractivity contribution in [3.63, 3.8) is 0 Å². The molecule has 6 nitrogen and oxygen atoms in total. The molecule has 4 rings (SSSR count). The summed E-state index contributed by atoms with van der Waals surface area (Å²) in [6, 6.07) is 4.48. The van der Waals surface area contributed by atoms with Crippen LogP contribution in [-0.4, -0.2) is 47.0 Å². The molecule has 3 heterocycles. The molecule has 0 aliphatic carbocycles. The monoisotopic (exact) mass is 380 g/mol. The molecule has 0 bridgehead atoms. The standard InChI is InChI=1S/C18H19F3N4O2/c19-18(20,21)13-2-3-15(25-7-1-6-22-25)14(10-13)23-16(26)24-8-4-17(11-24)5-9-27-12-17/h1-3,6-7,10H,4-5,8-9,11-12H2,(H,23,26). The summed E-state index contributed by atoms with van der Waals surface area (Å²) in [5.74, 6) is 0. The van der Waals surface area contributed by atoms with Crippen molar-refractivity contribution in [3.8, 4) is 5.69 Å². The summed E-state index contributed by atoms with van der Waals surface area (Å²) in [4.78, 5) is 14.3. The highest BCUT2D eigenvalue weighted by atomic mass is 19.4. The lowest BCUT2D eigenvalue weighted by atomic mass is 9.87. The summed E-state index contributed by atoms with van der Waals surface area (Å²) in [5, 5.41) is 6.70. The number of aromatic nitrogens is 2. The average Bonchev–Trinajstić information content (AvgIpc) is 3.37. The Kier molecular flexibility index (Phi) is 4.33. The normalized spacial score (nSPS) is 22.6. The minimum absolute atomic E-state index is 0.0179. The fourth-order valence-corrected chi connectivity index (χ4v) is 3.70. The van der Waals surface area contributed by atoms with Crippen molar-refractivity contribution >= 4 is 11.7 Å². The lowest BCUT2D eigenvalue weighted by Gasteiger charge is -2.23. The van der Waals surface area contributed by atoms with E-state index < -0.39 is 17.8 Å². The molecule has 27 heavy (non-hydrogen) atoms. The highest BCUT2D eigenvalue weighted by Crippen LogP contribution is 2.39. The molecule has 0 radical (unpaired) electrons. The molecule has 2 saturated heterocycles. The molecule has 2 aliphatic heterocycles. The van der Waals surface area contributed by atoms with Crippen molar-refractivity contribution in [1.29, 1.82) is 0 Å². The van der Waals surface area contributed by atoms with Crippen LogP contribution in [0.1, 0.15) is 18.4 Å². The second-order valence-electron chi connectivity index (χ2n) is 7.08. The summed E-state index contributed by atoms with van der Waals surface area (Å²) < 4.78 is 46.2. The van der Waals surface area contributed by atoms with Gasteiger partial charge >= 0.3 is 12.2 Å². The quantitative estimate of drug-likeness (QED) is 0.867. The number of anilines is 1. The van der Waals surface area contributed by atoms with Crippen molar-refractivity contribution in [2.75, 3.05) is 31.6 Å². The maximum atomic E-state index is 13.1. The molecule has 1 aromatic heterocycles. The molecule has 2 amide bonds. The van der Waals surface area contributed by atoms with E-state index in [1.165, 1.54) is 16.9 Å². The van der Waals surface area contributed by atoms with Gasteiger partial charge in [0.15, 0.2) is 0 Å². The molecule has 1 spiro atoms. The third-order valence-corrected chi connectivity index (χ3v) is 5.23. The molecule has 2 fully saturated rings. The van der Waals surface area contributed by atoms with E-state index in [-0.39, 0.29) is 11.1 Å². The van der Waals surface area contributed by atoms with Gasteiger partial charge in [0.2, 0.25) is 0 Å². The molecular weight excluding hydrogens is 361 g/mol. The summed E-state index contributed by atoms with van der Waals surface area (Å²) in [6.07, 6.45) is 0.376. The van der Waals surface area contributed by atoms with Gasteiger partial charge < -0.3 is 15.0 Å². The predicted octanol–water partition coefficient (Wildman–Crippen LogP) is 3.54. The smallest absolute Gasteiger partial charge is 0.381 e. The van der Waals surface area contributed by atoms with Gasteiger partial charge in [0.25, 0.3) is 0 Å². The van der Waals surface area contributed by atoms with Crippen LogP contribution in [0.4, 0.5) is 23.7 Å². The molecule has 0 saturated carbocycles. The second-order valence-corrected chi connectivity index (χ2v) is 7.08. The van der Waals surface area contributed by atoms with Gasteiger partial charge in [0, 0.05) is 37.5 Å². The molecule has 2 aliphatic rings. The van der Waals surface area contributed by atoms with E-state index in [1.54, 1.807) is 17.2 Å². The summed E-state index contributed by atoms with van der Waals surface area (Å²) in [5.41, 5.74) is -0.395. The molecular formula is C18H19F3N4O2. The lowest BCUT2D eigenvalue weighted by Crippen LogP contribution is -2.35. The lowest BCUT2D eigenvalue weighted by molar-refractivity contribution is -0.137. The van der Waals surface area contributed by atoms with Gasteiger partial charge in [-0.05, 0) is 37.1 Å². The van der Waals surface area contributed by atoms with Crippen molar-refractivity contribution in [1.82, 2.24) is 14.7 Å². The Labute approximate surface area is 153 Å². The number of benzene rings is 1. The maximum absolute atomic E-state index is 13.1. The largest absolute Gasteiger partial charge is 0.416 e. The number of hydrogen-bond acceptors (Lipinski definition) is 3. The van der Waals surface area contributed by atoms with Gasteiger partial charge in [-0.3, -0.25) is 0 Å². The topological polar surface area (TPSA) is 59.4 Å². The van der Waals surface area contributed by atoms with Crippen LogP contribution < -0.4 is 5.32 Å². The highest BCUT2D eigenvalue weighted by Gasteiger charge is 2.43. The van der Waals surface area contributed by atoms with E-state index in [1.807, 2.05) is 0 Å². The van der Waals surface area contributed by atoms with Gasteiger partial charge in [-0.2, -0.15) is 18.3 Å². The summed E-state index contributed by atoms with van der Waals surface area (Å²) in [6.45, 7) is 2.42. The molecule has 1 N–H and O–H groups in total. The Morgan fingerprint density at radius 2 is 2.15 bits per heavy atom. The Bertz CT molecular complexity index is 830. The maximum Gasteiger partial charge on any atom is 0.416 e. The number of urea groups is 1. The first-order chi connectivity index (χ1) is 12.9. The fraction of sp³-hybridized carbons (Fsp3) is 0.444. The Morgan fingerprint density at radius 1 is 1.30 bits per heavy atom. The Hall–Kier alpha value is -2.55. The van der Waals surface area contributed by atoms with Gasteiger partial charge in [0.05, 0.1) is 23.5 Å². The molecule has 2 aromatic rings. The number of amides is 2. The van der Waals surface area contributed by atoms with Crippen LogP contribution >= 0.6 is 0 Å². The van der Waals surface area contributed by atoms with E-state index in [0.29, 0.717) is 32.0 Å². The molecule has 9 heteroatoms. The number of halogens is 3. The highest BCUT2D eigenvalue weighted by molar-refractivity contribution is 5.92. The fourth-order valence-electron chi connectivity index (χ4n) is 3.70. The van der Waals surface area contributed by atoms with Gasteiger partial charge in [-0.1, -0.05) is 0 Å². The number of alkyl halides is 3. The first-order valence-corrected chi connectivity index (χ1v) is 8.71. The SMILES string of the molecule is O=C(Nc1cc(C(F)(F)F)ccc1-n1cccn1)N1CCC2(CCOC2)C1. The third-order valence-electron chi connectivity index (χ3n) is 5.23. The van der Waals surface area contributed by atoms with Gasteiger partial charge in [0.1, 0.15) is 0 Å². The second kappa shape index (κ2) is 6.56. The van der Waals surface area contributed by atoms with Crippen LogP contribution in [-0.2, 0) is 10.9 Å². The van der Waals surface area contributed by atoms with Crippen LogP contribution in [0.25, 0.3) is 5.69 Å². The zero-order valence-electron chi connectivity index (χ0n) is 14.5. The zero-order valence-corrected chi connectivity index (χ0v) is 14.5. The number of likely N-dealkylation sites (tertiary alicyclic amines) is 1. The predicted molar refractivity (Wildman–Crippen MR) is 91.6 cm³/mol. The van der Waals surface area contributed by atoms with E-state index in [2.05, 4.69) is 10.4 Å². The molecule has 144 valence electrons. The van der Waals surface area contributed by atoms with Crippen LogP contribution in [0.3, 0.4) is 0 Å². The van der Waals surface area contributed by atoms with Gasteiger partial charge in [-0.25, -0.2) is 9.48 Å². The number of carbonyl (C=O) groups is 1. The minimum atomic E-state index is -4.50. The number of carbonyl (C=O) groups excluding carboxylic acids is 1. The molecule has 1 aromatic carbocycles. The van der Waals surface area contributed by atoms with E-state index in [0.717, 1.165) is 25.0 Å². The minimum Gasteiger partial charge on any atom is -0.381 e. The average molecular weight is 380 g/mol. The van der Waals surface area contributed by atoms with Crippen molar-refractivity contribution in [2.24, 2.45) is 5.41 Å². The first-order valence-electron chi connectivity index (χ1n) is 8.71. The number of hydrogen-bond donors (Lipinski definition) is 1. The summed E-state index contributed by atoms with van der Waals surface area (Å²) in [7, 11) is 0. The molecule has 1 unspecified atom stereocenters. The van der Waals surface area contributed by atoms with E-state index in [9.17, 15) is 18.0 Å². The number of rotatable bonds is 2. The zero-order chi connectivity index (χ0) is 19.1. The van der Waals surface area contributed by atoms with E-state index in [4.69, 9.17) is 4.74 Å². The van der Waals surface area contributed by atoms with E-state index >= 15 is 0 Å². The number of nitrogens with one attached hydrogen (secondary N) is 1. The van der Waals surface area contributed by atoms with Crippen LogP contribution in [0.2, 0.25) is 0 Å². The number of nitrogens with zero attached hydrogens (tertiary/aromatic N) is 3. The van der Waals surface area contributed by atoms with Crippen LogP contribution in [0.15, 0.2) is 36.7 Å². The Balaban J connectivity index is 1.59.